The van der Waals surface area contributed by atoms with Gasteiger partial charge in [-0.05, 0) is 30.5 Å². The lowest BCUT2D eigenvalue weighted by atomic mass is 10.1. The number of aryl methyl sites for hydroxylation is 2. The summed E-state index contributed by atoms with van der Waals surface area (Å²) in [7, 11) is 1.90. The summed E-state index contributed by atoms with van der Waals surface area (Å²) < 4.78 is 15.0. The van der Waals surface area contributed by atoms with E-state index in [-0.39, 0.29) is 12.3 Å². The van der Waals surface area contributed by atoms with E-state index < -0.39 is 11.9 Å². The summed E-state index contributed by atoms with van der Waals surface area (Å²) in [6.45, 7) is 4.46. The van der Waals surface area contributed by atoms with Crippen LogP contribution < -0.4 is 5.32 Å². The monoisotopic (exact) mass is 333 g/mol. The zero-order valence-corrected chi connectivity index (χ0v) is 14.3. The molecule has 1 unspecified atom stereocenters. The number of aliphatic hydroxyl groups is 1. The van der Waals surface area contributed by atoms with Gasteiger partial charge >= 0.3 is 0 Å². The Kier molecular flexibility index (Phi) is 6.09. The van der Waals surface area contributed by atoms with E-state index in [2.05, 4.69) is 17.3 Å². The highest BCUT2D eigenvalue weighted by Crippen LogP contribution is 2.18. The number of carbonyl (C=O) groups is 1. The third-order valence-corrected chi connectivity index (χ3v) is 4.10. The Balaban J connectivity index is 1.99. The Morgan fingerprint density at radius 2 is 2.12 bits per heavy atom. The Morgan fingerprint density at radius 3 is 2.75 bits per heavy atom. The number of hydrogen-bond donors (Lipinski definition) is 2. The summed E-state index contributed by atoms with van der Waals surface area (Å²) in [4.78, 5) is 12.1. The van der Waals surface area contributed by atoms with E-state index in [9.17, 15) is 14.3 Å². The molecular weight excluding hydrogens is 309 g/mol. The van der Waals surface area contributed by atoms with Crippen molar-refractivity contribution in [1.29, 1.82) is 0 Å². The number of halogens is 1. The van der Waals surface area contributed by atoms with Gasteiger partial charge in [-0.25, -0.2) is 4.39 Å². The maximum absolute atomic E-state index is 13.2. The highest BCUT2D eigenvalue weighted by Gasteiger charge is 2.17. The van der Waals surface area contributed by atoms with Gasteiger partial charge in [0.25, 0.3) is 0 Å². The molecule has 1 aromatic heterocycles. The van der Waals surface area contributed by atoms with Crippen LogP contribution in [0.15, 0.2) is 24.3 Å². The van der Waals surface area contributed by atoms with Crippen LogP contribution in [0.5, 0.6) is 0 Å². The van der Waals surface area contributed by atoms with Crippen LogP contribution in [0.2, 0.25) is 0 Å². The molecule has 24 heavy (non-hydrogen) atoms. The Morgan fingerprint density at radius 1 is 1.38 bits per heavy atom. The summed E-state index contributed by atoms with van der Waals surface area (Å²) in [6, 6.07) is 5.66. The average Bonchev–Trinajstić information content (AvgIpc) is 2.87. The van der Waals surface area contributed by atoms with Crippen molar-refractivity contribution < 1.29 is 14.3 Å². The number of nitrogens with one attached hydrogen (secondary N) is 1. The van der Waals surface area contributed by atoms with Gasteiger partial charge in [0.05, 0.1) is 18.2 Å². The normalized spacial score (nSPS) is 12.2. The third kappa shape index (κ3) is 4.20. The minimum absolute atomic E-state index is 0.105. The quantitative estimate of drug-likeness (QED) is 0.818. The summed E-state index contributed by atoms with van der Waals surface area (Å²) >= 11 is 0. The first-order valence-corrected chi connectivity index (χ1v) is 8.20. The van der Waals surface area contributed by atoms with Gasteiger partial charge in [-0.2, -0.15) is 5.10 Å². The molecule has 1 heterocycles. The van der Waals surface area contributed by atoms with Gasteiger partial charge in [0.1, 0.15) is 5.82 Å². The highest BCUT2D eigenvalue weighted by molar-refractivity contribution is 5.76. The molecule has 1 amide bonds. The van der Waals surface area contributed by atoms with Crippen LogP contribution in [-0.2, 0) is 31.2 Å². The second-order valence-electron chi connectivity index (χ2n) is 5.75. The molecular formula is C18H24FN3O2. The number of carbonyl (C=O) groups excluding carboxylic acids is 1. The molecule has 0 aliphatic rings. The topological polar surface area (TPSA) is 67.2 Å². The van der Waals surface area contributed by atoms with Gasteiger partial charge in [0, 0.05) is 24.8 Å². The first kappa shape index (κ1) is 18.1. The van der Waals surface area contributed by atoms with Crippen LogP contribution in [-0.4, -0.2) is 20.8 Å². The molecule has 6 heteroatoms. The van der Waals surface area contributed by atoms with Crippen molar-refractivity contribution in [2.24, 2.45) is 7.05 Å². The Hall–Kier alpha value is -2.21. The van der Waals surface area contributed by atoms with Gasteiger partial charge in [-0.3, -0.25) is 9.48 Å². The molecule has 0 saturated heterocycles. The van der Waals surface area contributed by atoms with Gasteiger partial charge in [-0.1, -0.05) is 26.0 Å². The lowest BCUT2D eigenvalue weighted by Gasteiger charge is -2.12. The van der Waals surface area contributed by atoms with Gasteiger partial charge in [-0.15, -0.1) is 0 Å². The largest absolute Gasteiger partial charge is 0.388 e. The number of hydrogen-bond acceptors (Lipinski definition) is 3. The summed E-state index contributed by atoms with van der Waals surface area (Å²) in [5.74, 6) is -0.706. The molecule has 1 atom stereocenters. The maximum atomic E-state index is 13.2. The second-order valence-corrected chi connectivity index (χ2v) is 5.75. The molecule has 2 aromatic rings. The van der Waals surface area contributed by atoms with Crippen molar-refractivity contribution in [2.45, 2.75) is 45.8 Å². The fraction of sp³-hybridized carbons (Fsp3) is 0.444. The second kappa shape index (κ2) is 8.06. The first-order valence-electron chi connectivity index (χ1n) is 8.20. The molecule has 0 radical (unpaired) electrons. The van der Waals surface area contributed by atoms with Crippen molar-refractivity contribution in [3.63, 3.8) is 0 Å². The van der Waals surface area contributed by atoms with Crippen LogP contribution in [0.25, 0.3) is 0 Å². The molecule has 0 aliphatic carbocycles. The Bertz CT molecular complexity index is 712. The van der Waals surface area contributed by atoms with Crippen molar-refractivity contribution >= 4 is 5.91 Å². The fourth-order valence-corrected chi connectivity index (χ4v) is 2.86. The molecule has 0 saturated carbocycles. The highest BCUT2D eigenvalue weighted by atomic mass is 19.1. The molecule has 2 rings (SSSR count). The summed E-state index contributed by atoms with van der Waals surface area (Å²) in [5, 5.41) is 17.4. The number of rotatable bonds is 7. The van der Waals surface area contributed by atoms with Crippen LogP contribution in [0.1, 0.15) is 48.9 Å². The zero-order chi connectivity index (χ0) is 17.7. The van der Waals surface area contributed by atoms with Crippen molar-refractivity contribution in [3.8, 4) is 0 Å². The summed E-state index contributed by atoms with van der Waals surface area (Å²) in [6.07, 6.45) is 0.504. The fourth-order valence-electron chi connectivity index (χ4n) is 2.86. The predicted octanol–water partition coefficient (Wildman–Crippen LogP) is 2.42. The molecule has 0 bridgehead atoms. The average molecular weight is 333 g/mol. The van der Waals surface area contributed by atoms with Crippen LogP contribution in [0, 0.1) is 5.82 Å². The smallest absolute Gasteiger partial charge is 0.223 e. The Labute approximate surface area is 141 Å². The minimum atomic E-state index is -1.02. The van der Waals surface area contributed by atoms with Gasteiger partial charge in [0.15, 0.2) is 0 Å². The van der Waals surface area contributed by atoms with E-state index in [1.54, 1.807) is 6.07 Å². The van der Waals surface area contributed by atoms with Crippen molar-refractivity contribution in [2.75, 3.05) is 0 Å². The predicted molar refractivity (Wildman–Crippen MR) is 89.8 cm³/mol. The lowest BCUT2D eigenvalue weighted by molar-refractivity contribution is -0.123. The molecule has 0 aliphatic heterocycles. The van der Waals surface area contributed by atoms with Crippen LogP contribution >= 0.6 is 0 Å². The molecule has 130 valence electrons. The summed E-state index contributed by atoms with van der Waals surface area (Å²) in [5.41, 5.74) is 3.50. The van der Waals surface area contributed by atoms with Crippen molar-refractivity contribution in [1.82, 2.24) is 15.1 Å². The standard InChI is InChI=1S/C18H24FN3O2/c1-4-15-14(16(5-2)22(3)21-15)11-20-18(24)10-17(23)12-7-6-8-13(19)9-12/h6-9,17,23H,4-5,10-11H2,1-3H3,(H,20,24). The van der Waals surface area contributed by atoms with E-state index in [0.29, 0.717) is 12.1 Å². The van der Waals surface area contributed by atoms with Crippen LogP contribution in [0.3, 0.4) is 0 Å². The molecule has 0 spiro atoms. The number of nitrogens with zero attached hydrogens (tertiary/aromatic N) is 2. The molecule has 5 nitrogen and oxygen atoms in total. The van der Waals surface area contributed by atoms with E-state index in [0.717, 1.165) is 29.8 Å². The lowest BCUT2D eigenvalue weighted by Crippen LogP contribution is -2.25. The maximum Gasteiger partial charge on any atom is 0.223 e. The zero-order valence-electron chi connectivity index (χ0n) is 14.3. The van der Waals surface area contributed by atoms with E-state index in [1.807, 2.05) is 18.7 Å². The van der Waals surface area contributed by atoms with E-state index in [4.69, 9.17) is 0 Å². The number of amides is 1. The minimum Gasteiger partial charge on any atom is -0.388 e. The third-order valence-electron chi connectivity index (χ3n) is 4.10. The first-order chi connectivity index (χ1) is 11.5. The van der Waals surface area contributed by atoms with Crippen LogP contribution in [0.4, 0.5) is 4.39 Å². The molecule has 2 N–H and O–H groups in total. The number of aliphatic hydroxyl groups excluding tert-OH is 1. The van der Waals surface area contributed by atoms with E-state index >= 15 is 0 Å². The number of aromatic nitrogens is 2. The molecule has 1 aromatic carbocycles. The van der Waals surface area contributed by atoms with Gasteiger partial charge in [0.2, 0.25) is 5.91 Å². The van der Waals surface area contributed by atoms with Crippen molar-refractivity contribution in [3.05, 3.63) is 52.6 Å². The number of benzene rings is 1. The van der Waals surface area contributed by atoms with E-state index in [1.165, 1.54) is 18.2 Å². The van der Waals surface area contributed by atoms with Gasteiger partial charge < -0.3 is 10.4 Å². The molecule has 0 fully saturated rings. The SMILES string of the molecule is CCc1nn(C)c(CC)c1CNC(=O)CC(O)c1cccc(F)c1.